The van der Waals surface area contributed by atoms with Gasteiger partial charge in [-0.25, -0.2) is 18.9 Å². The van der Waals surface area contributed by atoms with Crippen LogP contribution in [0, 0.1) is 6.92 Å². The van der Waals surface area contributed by atoms with Crippen molar-refractivity contribution in [1.82, 2.24) is 19.7 Å². The Hall–Kier alpha value is -2.51. The number of aryl methyl sites for hydroxylation is 1. The topological polar surface area (TPSA) is 88.3 Å². The summed E-state index contributed by atoms with van der Waals surface area (Å²) in [5, 5.41) is 14.0. The molecule has 134 valence electrons. The van der Waals surface area contributed by atoms with Crippen molar-refractivity contribution in [2.45, 2.75) is 45.3 Å². The fraction of sp³-hybridized carbons (Fsp3) is 0.529. The van der Waals surface area contributed by atoms with Crippen LogP contribution in [0.1, 0.15) is 48.8 Å². The maximum Gasteiger partial charge on any atom is 0.343 e. The Morgan fingerprint density at radius 3 is 2.80 bits per heavy atom. The van der Waals surface area contributed by atoms with E-state index in [1.54, 1.807) is 23.9 Å². The molecule has 25 heavy (non-hydrogen) atoms. The lowest BCUT2D eigenvalue weighted by molar-refractivity contribution is -0.149. The molecule has 1 saturated heterocycles. The molecule has 1 N–H and O–H groups in total. The first-order valence-corrected chi connectivity index (χ1v) is 8.33. The molecule has 1 aliphatic rings. The molecule has 1 amide bonds. The van der Waals surface area contributed by atoms with Crippen molar-refractivity contribution < 1.29 is 19.1 Å². The number of rotatable bonds is 4. The van der Waals surface area contributed by atoms with Gasteiger partial charge >= 0.3 is 5.97 Å². The molecule has 3 rings (SSSR count). The van der Waals surface area contributed by atoms with Crippen molar-refractivity contribution >= 4 is 22.9 Å². The van der Waals surface area contributed by atoms with E-state index in [1.807, 2.05) is 13.8 Å². The van der Waals surface area contributed by atoms with Crippen LogP contribution in [-0.4, -0.2) is 55.4 Å². The fourth-order valence-corrected chi connectivity index (χ4v) is 3.11. The number of hydrogen-bond donors (Lipinski definition) is 1. The maximum atomic E-state index is 14.3. The van der Waals surface area contributed by atoms with E-state index in [9.17, 15) is 14.0 Å². The second-order valence-corrected chi connectivity index (χ2v) is 6.64. The van der Waals surface area contributed by atoms with Crippen LogP contribution in [0.2, 0.25) is 0 Å². The molecule has 1 aliphatic heterocycles. The zero-order chi connectivity index (χ0) is 18.4. The predicted molar refractivity (Wildman–Crippen MR) is 89.3 cm³/mol. The molecule has 2 atom stereocenters. The molecule has 0 radical (unpaired) electrons. The number of aliphatic carboxylic acids is 1. The zero-order valence-electron chi connectivity index (χ0n) is 14.5. The van der Waals surface area contributed by atoms with Crippen LogP contribution in [0.5, 0.6) is 0 Å². The van der Waals surface area contributed by atoms with E-state index in [-0.39, 0.29) is 24.9 Å². The molecule has 8 heteroatoms. The van der Waals surface area contributed by atoms with Crippen LogP contribution in [-0.2, 0) is 4.79 Å². The van der Waals surface area contributed by atoms with Gasteiger partial charge in [-0.3, -0.25) is 4.79 Å². The van der Waals surface area contributed by atoms with E-state index < -0.39 is 18.2 Å². The van der Waals surface area contributed by atoms with E-state index in [0.717, 1.165) is 6.42 Å². The number of carbonyl (C=O) groups is 2. The number of carboxylic acids is 1. The number of likely N-dealkylation sites (tertiary alicyclic amines) is 1. The number of nitrogens with zero attached hydrogens (tertiary/aromatic N) is 4. The minimum Gasteiger partial charge on any atom is -0.479 e. The molecule has 3 heterocycles. The average Bonchev–Trinajstić information content (AvgIpc) is 3.17. The highest BCUT2D eigenvalue weighted by Crippen LogP contribution is 2.29. The summed E-state index contributed by atoms with van der Waals surface area (Å²) in [6.45, 7) is 5.47. The second-order valence-electron chi connectivity index (χ2n) is 6.64. The van der Waals surface area contributed by atoms with Crippen molar-refractivity contribution in [1.29, 1.82) is 0 Å². The third kappa shape index (κ3) is 2.85. The van der Waals surface area contributed by atoms with Crippen LogP contribution in [0.4, 0.5) is 4.39 Å². The van der Waals surface area contributed by atoms with Gasteiger partial charge in [-0.2, -0.15) is 5.10 Å². The number of carbonyl (C=O) groups excluding carboxylic acids is 1. The third-order valence-corrected chi connectivity index (χ3v) is 4.82. The smallest absolute Gasteiger partial charge is 0.343 e. The van der Waals surface area contributed by atoms with Crippen molar-refractivity contribution in [3.8, 4) is 0 Å². The Balaban J connectivity index is 2.00. The Morgan fingerprint density at radius 1 is 1.48 bits per heavy atom. The van der Waals surface area contributed by atoms with Gasteiger partial charge in [-0.05, 0) is 26.3 Å². The summed E-state index contributed by atoms with van der Waals surface area (Å²) in [6.07, 6.45) is 2.26. The van der Waals surface area contributed by atoms with Crippen molar-refractivity contribution in [3.05, 3.63) is 23.5 Å². The molecule has 2 unspecified atom stereocenters. The Bertz CT molecular complexity index is 850. The largest absolute Gasteiger partial charge is 0.479 e. The highest BCUT2D eigenvalue weighted by atomic mass is 19.1. The SMILES string of the molecule is CCC(C)n1ncc2c(C(=O)N3CCC(F)(C(=O)O)C3)cc(C)nc21. The van der Waals surface area contributed by atoms with E-state index in [1.165, 1.54) is 4.90 Å². The lowest BCUT2D eigenvalue weighted by atomic mass is 10.1. The summed E-state index contributed by atoms with van der Waals surface area (Å²) in [6, 6.07) is 1.78. The summed E-state index contributed by atoms with van der Waals surface area (Å²) in [5.74, 6) is -1.91. The molecular weight excluding hydrogens is 327 g/mol. The quantitative estimate of drug-likeness (QED) is 0.916. The first-order chi connectivity index (χ1) is 11.8. The number of alkyl halides is 1. The van der Waals surface area contributed by atoms with Gasteiger partial charge in [0.1, 0.15) is 0 Å². The minimum absolute atomic E-state index is 0.0734. The van der Waals surface area contributed by atoms with Gasteiger partial charge < -0.3 is 10.0 Å². The summed E-state index contributed by atoms with van der Waals surface area (Å²) in [5.41, 5.74) is -0.726. The first kappa shape index (κ1) is 17.3. The predicted octanol–water partition coefficient (Wildman–Crippen LogP) is 2.35. The molecule has 0 spiro atoms. The number of hydrogen-bond acceptors (Lipinski definition) is 4. The van der Waals surface area contributed by atoms with Gasteiger partial charge in [0.15, 0.2) is 5.65 Å². The number of halogens is 1. The van der Waals surface area contributed by atoms with Crippen molar-refractivity contribution in [2.24, 2.45) is 0 Å². The molecule has 1 fully saturated rings. The Labute approximate surface area is 144 Å². The molecule has 2 aromatic heterocycles. The van der Waals surface area contributed by atoms with E-state index in [4.69, 9.17) is 5.11 Å². The monoisotopic (exact) mass is 348 g/mol. The summed E-state index contributed by atoms with van der Waals surface area (Å²) in [4.78, 5) is 29.7. The van der Waals surface area contributed by atoms with Crippen LogP contribution >= 0.6 is 0 Å². The fourth-order valence-electron chi connectivity index (χ4n) is 3.11. The first-order valence-electron chi connectivity index (χ1n) is 8.33. The molecule has 0 saturated carbocycles. The van der Waals surface area contributed by atoms with Crippen molar-refractivity contribution in [2.75, 3.05) is 13.1 Å². The van der Waals surface area contributed by atoms with Gasteiger partial charge in [-0.15, -0.1) is 0 Å². The van der Waals surface area contributed by atoms with Crippen LogP contribution in [0.3, 0.4) is 0 Å². The Kier molecular flexibility index (Phi) is 4.22. The molecule has 0 bridgehead atoms. The maximum absolute atomic E-state index is 14.3. The van der Waals surface area contributed by atoms with Gasteiger partial charge in [0.25, 0.3) is 5.91 Å². The van der Waals surface area contributed by atoms with Gasteiger partial charge in [0.2, 0.25) is 5.67 Å². The molecule has 7 nitrogen and oxygen atoms in total. The lowest BCUT2D eigenvalue weighted by Crippen LogP contribution is -2.39. The van der Waals surface area contributed by atoms with Crippen LogP contribution in [0.15, 0.2) is 12.3 Å². The third-order valence-electron chi connectivity index (χ3n) is 4.82. The summed E-state index contributed by atoms with van der Waals surface area (Å²) in [7, 11) is 0. The number of carboxylic acid groups (broad SMARTS) is 1. The van der Waals surface area contributed by atoms with E-state index in [0.29, 0.717) is 22.3 Å². The highest BCUT2D eigenvalue weighted by Gasteiger charge is 2.47. The van der Waals surface area contributed by atoms with Gasteiger partial charge in [-0.1, -0.05) is 6.92 Å². The minimum atomic E-state index is -2.38. The number of aromatic nitrogens is 3. The average molecular weight is 348 g/mol. The van der Waals surface area contributed by atoms with Gasteiger partial charge in [0, 0.05) is 18.7 Å². The zero-order valence-corrected chi connectivity index (χ0v) is 14.5. The molecule has 0 aromatic carbocycles. The van der Waals surface area contributed by atoms with Crippen LogP contribution in [0.25, 0.3) is 11.0 Å². The van der Waals surface area contributed by atoms with E-state index >= 15 is 0 Å². The molecule has 2 aromatic rings. The summed E-state index contributed by atoms with van der Waals surface area (Å²) >= 11 is 0. The molecular formula is C17H21FN4O3. The second kappa shape index (κ2) is 6.09. The number of amides is 1. The Morgan fingerprint density at radius 2 is 2.20 bits per heavy atom. The van der Waals surface area contributed by atoms with E-state index in [2.05, 4.69) is 10.1 Å². The standard InChI is InChI=1S/C17H21FN4O3/c1-4-11(3)22-14-13(8-19-22)12(7-10(2)20-14)15(23)21-6-5-17(18,9-21)16(24)25/h7-8,11H,4-6,9H2,1-3H3,(H,24,25). The highest BCUT2D eigenvalue weighted by molar-refractivity contribution is 6.06. The van der Waals surface area contributed by atoms with Crippen LogP contribution < -0.4 is 0 Å². The van der Waals surface area contributed by atoms with Gasteiger partial charge in [0.05, 0.1) is 29.7 Å². The molecule has 0 aliphatic carbocycles. The van der Waals surface area contributed by atoms with Crippen molar-refractivity contribution in [3.63, 3.8) is 0 Å². The number of fused-ring (bicyclic) bond motifs is 1. The summed E-state index contributed by atoms with van der Waals surface area (Å²) < 4.78 is 16.1. The number of pyridine rings is 1. The lowest BCUT2D eigenvalue weighted by Gasteiger charge is -2.18. The normalized spacial score (nSPS) is 21.7.